The maximum Gasteiger partial charge on any atom is 0.0892 e. The Kier molecular flexibility index (Phi) is 3.50. The van der Waals surface area contributed by atoms with Gasteiger partial charge >= 0.3 is 0 Å². The first-order chi connectivity index (χ1) is 5.66. The summed E-state index contributed by atoms with van der Waals surface area (Å²) in [5, 5.41) is 10.0. The van der Waals surface area contributed by atoms with Crippen molar-refractivity contribution in [1.29, 1.82) is 0 Å². The third-order valence-corrected chi connectivity index (χ3v) is 2.55. The maximum absolute atomic E-state index is 10.0. The molecule has 12 heavy (non-hydrogen) atoms. The lowest BCUT2D eigenvalue weighted by Gasteiger charge is -2.25. The van der Waals surface area contributed by atoms with Gasteiger partial charge in [0.25, 0.3) is 0 Å². The lowest BCUT2D eigenvalue weighted by molar-refractivity contribution is -0.0404. The van der Waals surface area contributed by atoms with Crippen LogP contribution in [0.4, 0.5) is 0 Å². The molecular formula is C9H19NO2. The number of likely N-dealkylation sites (tertiary alicyclic amines) is 1. The first-order valence-electron chi connectivity index (χ1n) is 4.56. The van der Waals surface area contributed by atoms with Gasteiger partial charge in [-0.3, -0.25) is 0 Å². The highest BCUT2D eigenvalue weighted by Gasteiger charge is 2.28. The van der Waals surface area contributed by atoms with Crippen LogP contribution in [0.15, 0.2) is 0 Å². The van der Waals surface area contributed by atoms with Gasteiger partial charge in [0.1, 0.15) is 0 Å². The summed E-state index contributed by atoms with van der Waals surface area (Å²) >= 11 is 0. The van der Waals surface area contributed by atoms with Gasteiger partial charge in [-0.1, -0.05) is 0 Å². The molecule has 1 N–H and O–H groups in total. The van der Waals surface area contributed by atoms with Crippen molar-refractivity contribution >= 4 is 0 Å². The van der Waals surface area contributed by atoms with E-state index >= 15 is 0 Å². The summed E-state index contributed by atoms with van der Waals surface area (Å²) < 4.78 is 5.01. The fourth-order valence-corrected chi connectivity index (χ4v) is 1.73. The largest absolute Gasteiger partial charge is 0.387 e. The quantitative estimate of drug-likeness (QED) is 0.659. The lowest BCUT2D eigenvalue weighted by atomic mass is 9.96. The first kappa shape index (κ1) is 9.96. The Balaban J connectivity index is 2.43. The highest BCUT2D eigenvalue weighted by Crippen LogP contribution is 2.21. The van der Waals surface area contributed by atoms with Crippen molar-refractivity contribution < 1.29 is 9.84 Å². The molecule has 0 radical (unpaired) electrons. The van der Waals surface area contributed by atoms with Crippen LogP contribution in [0, 0.1) is 0 Å². The third kappa shape index (κ3) is 2.73. The minimum absolute atomic E-state index is 0.473. The number of hydrogen-bond donors (Lipinski definition) is 1. The Bertz CT molecular complexity index is 140. The summed E-state index contributed by atoms with van der Waals surface area (Å²) in [4.78, 5) is 2.26. The molecule has 0 bridgehead atoms. The summed E-state index contributed by atoms with van der Waals surface area (Å²) in [7, 11) is 3.74. The van der Waals surface area contributed by atoms with Gasteiger partial charge in [0.2, 0.25) is 0 Å². The minimum atomic E-state index is -0.570. The zero-order chi connectivity index (χ0) is 9.03. The van der Waals surface area contributed by atoms with Gasteiger partial charge in [0.05, 0.1) is 12.2 Å². The molecule has 0 saturated carbocycles. The van der Waals surface area contributed by atoms with Crippen molar-refractivity contribution in [3.05, 3.63) is 0 Å². The normalized spacial score (nSPS) is 33.2. The molecule has 72 valence electrons. The second kappa shape index (κ2) is 4.21. The lowest BCUT2D eigenvalue weighted by Crippen LogP contribution is -2.35. The van der Waals surface area contributed by atoms with Gasteiger partial charge in [0, 0.05) is 13.7 Å². The highest BCUT2D eigenvalue weighted by molar-refractivity contribution is 4.82. The summed E-state index contributed by atoms with van der Waals surface area (Å²) in [5.41, 5.74) is -0.570. The monoisotopic (exact) mass is 173 g/mol. The molecule has 3 heteroatoms. The minimum Gasteiger partial charge on any atom is -0.387 e. The van der Waals surface area contributed by atoms with Gasteiger partial charge in [-0.15, -0.1) is 0 Å². The first-order valence-corrected chi connectivity index (χ1v) is 4.56. The van der Waals surface area contributed by atoms with Crippen LogP contribution in [0.2, 0.25) is 0 Å². The number of hydrogen-bond acceptors (Lipinski definition) is 3. The number of nitrogens with zero attached hydrogens (tertiary/aromatic N) is 1. The molecule has 1 heterocycles. The van der Waals surface area contributed by atoms with Crippen LogP contribution in [0.25, 0.3) is 0 Å². The molecule has 0 aromatic heterocycles. The SMILES string of the molecule is COCC1(O)CCCN(C)CC1. The van der Waals surface area contributed by atoms with E-state index in [0.717, 1.165) is 32.4 Å². The molecule has 1 saturated heterocycles. The van der Waals surface area contributed by atoms with Crippen LogP contribution in [0.1, 0.15) is 19.3 Å². The van der Waals surface area contributed by atoms with E-state index in [9.17, 15) is 5.11 Å². The van der Waals surface area contributed by atoms with E-state index in [2.05, 4.69) is 11.9 Å². The molecule has 0 aromatic carbocycles. The fraction of sp³-hybridized carbons (Fsp3) is 1.00. The molecule has 0 spiro atoms. The standard InChI is InChI=1S/C9H19NO2/c1-10-6-3-4-9(11,5-7-10)8-12-2/h11H,3-8H2,1-2H3. The van der Waals surface area contributed by atoms with E-state index in [0.29, 0.717) is 6.61 Å². The van der Waals surface area contributed by atoms with E-state index in [4.69, 9.17) is 4.74 Å². The second-order valence-corrected chi connectivity index (χ2v) is 3.81. The molecule has 1 aliphatic rings. The topological polar surface area (TPSA) is 32.7 Å². The Morgan fingerprint density at radius 2 is 2.17 bits per heavy atom. The Hall–Kier alpha value is -0.120. The Morgan fingerprint density at radius 3 is 2.83 bits per heavy atom. The molecule has 0 amide bonds. The number of methoxy groups -OCH3 is 1. The van der Waals surface area contributed by atoms with E-state index in [1.54, 1.807) is 7.11 Å². The summed E-state index contributed by atoms with van der Waals surface area (Å²) in [5.74, 6) is 0. The molecule has 1 rings (SSSR count). The Labute approximate surface area is 74.3 Å². The van der Waals surface area contributed by atoms with E-state index < -0.39 is 5.60 Å². The van der Waals surface area contributed by atoms with Crippen LogP contribution in [0.3, 0.4) is 0 Å². The molecule has 1 aliphatic heterocycles. The van der Waals surface area contributed by atoms with Gasteiger partial charge < -0.3 is 14.7 Å². The number of ether oxygens (including phenoxy) is 1. The van der Waals surface area contributed by atoms with E-state index in [-0.39, 0.29) is 0 Å². The predicted molar refractivity (Wildman–Crippen MR) is 48.2 cm³/mol. The Morgan fingerprint density at radius 1 is 1.42 bits per heavy atom. The zero-order valence-corrected chi connectivity index (χ0v) is 8.05. The molecule has 3 nitrogen and oxygen atoms in total. The molecule has 0 aromatic rings. The average Bonchev–Trinajstić information content (AvgIpc) is 2.15. The van der Waals surface area contributed by atoms with Crippen molar-refractivity contribution in [1.82, 2.24) is 4.90 Å². The van der Waals surface area contributed by atoms with Crippen molar-refractivity contribution in [2.24, 2.45) is 0 Å². The third-order valence-electron chi connectivity index (χ3n) is 2.55. The molecule has 1 atom stereocenters. The van der Waals surface area contributed by atoms with Gasteiger partial charge in [-0.2, -0.15) is 0 Å². The van der Waals surface area contributed by atoms with Crippen LogP contribution in [-0.2, 0) is 4.74 Å². The summed E-state index contributed by atoms with van der Waals surface area (Å²) in [6.07, 6.45) is 2.76. The number of aliphatic hydroxyl groups is 1. The van der Waals surface area contributed by atoms with Crippen LogP contribution in [0.5, 0.6) is 0 Å². The van der Waals surface area contributed by atoms with Gasteiger partial charge in [0.15, 0.2) is 0 Å². The molecule has 0 aliphatic carbocycles. The molecular weight excluding hydrogens is 154 g/mol. The van der Waals surface area contributed by atoms with E-state index in [1.807, 2.05) is 0 Å². The molecule has 1 fully saturated rings. The van der Waals surface area contributed by atoms with Crippen molar-refractivity contribution in [2.45, 2.75) is 24.9 Å². The molecule has 1 unspecified atom stereocenters. The average molecular weight is 173 g/mol. The van der Waals surface area contributed by atoms with Crippen molar-refractivity contribution in [3.63, 3.8) is 0 Å². The smallest absolute Gasteiger partial charge is 0.0892 e. The summed E-state index contributed by atoms with van der Waals surface area (Å²) in [6.45, 7) is 2.53. The van der Waals surface area contributed by atoms with E-state index in [1.165, 1.54) is 0 Å². The van der Waals surface area contributed by atoms with Gasteiger partial charge in [-0.05, 0) is 32.9 Å². The zero-order valence-electron chi connectivity index (χ0n) is 8.05. The van der Waals surface area contributed by atoms with Crippen LogP contribution >= 0.6 is 0 Å². The van der Waals surface area contributed by atoms with Crippen LogP contribution < -0.4 is 0 Å². The fourth-order valence-electron chi connectivity index (χ4n) is 1.73. The van der Waals surface area contributed by atoms with Crippen LogP contribution in [-0.4, -0.2) is 49.5 Å². The predicted octanol–water partition coefficient (Wildman–Crippen LogP) is 0.480. The van der Waals surface area contributed by atoms with Crippen molar-refractivity contribution in [2.75, 3.05) is 33.9 Å². The van der Waals surface area contributed by atoms with Gasteiger partial charge in [-0.25, -0.2) is 0 Å². The second-order valence-electron chi connectivity index (χ2n) is 3.81. The maximum atomic E-state index is 10.0. The van der Waals surface area contributed by atoms with Crippen molar-refractivity contribution in [3.8, 4) is 0 Å². The highest BCUT2D eigenvalue weighted by atomic mass is 16.5. The summed E-state index contributed by atoms with van der Waals surface area (Å²) in [6, 6.07) is 0. The number of rotatable bonds is 2.